The van der Waals surface area contributed by atoms with Crippen molar-refractivity contribution >= 4 is 35.8 Å². The van der Waals surface area contributed by atoms with Gasteiger partial charge in [-0.25, -0.2) is 0 Å². The van der Waals surface area contributed by atoms with Crippen LogP contribution in [0.2, 0.25) is 0 Å². The van der Waals surface area contributed by atoms with E-state index in [1.165, 1.54) is 0 Å². The first-order valence-electron chi connectivity index (χ1n) is 11.7. The number of hydrogen-bond acceptors (Lipinski definition) is 5. The van der Waals surface area contributed by atoms with Crippen molar-refractivity contribution in [3.05, 3.63) is 36.0 Å². The summed E-state index contributed by atoms with van der Waals surface area (Å²) in [4.78, 5) is 32.7. The van der Waals surface area contributed by atoms with Gasteiger partial charge in [0.15, 0.2) is 5.96 Å². The highest BCUT2D eigenvalue weighted by atomic mass is 16.4. The van der Waals surface area contributed by atoms with Crippen LogP contribution in [0.25, 0.3) is 10.9 Å². The van der Waals surface area contributed by atoms with Gasteiger partial charge in [-0.1, -0.05) is 32.0 Å². The van der Waals surface area contributed by atoms with Gasteiger partial charge in [0, 0.05) is 37.1 Å². The van der Waals surface area contributed by atoms with E-state index in [1.807, 2.05) is 44.3 Å². The zero-order valence-corrected chi connectivity index (χ0v) is 20.2. The summed E-state index contributed by atoms with van der Waals surface area (Å²) in [5.74, 6) is -1.07. The fourth-order valence-corrected chi connectivity index (χ4v) is 3.77. The Morgan fingerprint density at radius 1 is 1.21 bits per heavy atom. The van der Waals surface area contributed by atoms with Crippen LogP contribution in [0.5, 0.6) is 0 Å². The van der Waals surface area contributed by atoms with E-state index in [0.29, 0.717) is 38.2 Å². The SMILES string of the molecule is CN=C(N)NCCC[C@H](NC(=O)CCc1c[nH]c2ccccc12)C(=O)N[C@@H](CC(C)C)B(O)O. The third kappa shape index (κ3) is 8.71. The van der Waals surface area contributed by atoms with Crippen LogP contribution in [-0.4, -0.2) is 65.5 Å². The largest absolute Gasteiger partial charge is 0.475 e. The molecule has 1 heterocycles. The molecule has 1 aromatic carbocycles. The topological polar surface area (TPSA) is 165 Å². The Morgan fingerprint density at radius 3 is 2.62 bits per heavy atom. The number of fused-ring (bicyclic) bond motifs is 1. The molecular weight excluding hydrogens is 435 g/mol. The molecule has 10 nitrogen and oxygen atoms in total. The first kappa shape index (κ1) is 27.2. The maximum atomic E-state index is 12.9. The third-order valence-corrected chi connectivity index (χ3v) is 5.58. The van der Waals surface area contributed by atoms with Crippen LogP contribution in [0.3, 0.4) is 0 Å². The van der Waals surface area contributed by atoms with Crippen LogP contribution in [0, 0.1) is 5.92 Å². The summed E-state index contributed by atoms with van der Waals surface area (Å²) in [6.45, 7) is 4.34. The Morgan fingerprint density at radius 2 is 1.94 bits per heavy atom. The van der Waals surface area contributed by atoms with Gasteiger partial charge < -0.3 is 36.7 Å². The van der Waals surface area contributed by atoms with Gasteiger partial charge in [0.05, 0.1) is 5.94 Å². The molecule has 0 aliphatic rings. The lowest BCUT2D eigenvalue weighted by atomic mass is 9.75. The molecule has 186 valence electrons. The van der Waals surface area contributed by atoms with E-state index in [1.54, 1.807) is 7.05 Å². The summed E-state index contributed by atoms with van der Waals surface area (Å²) in [6, 6.07) is 7.07. The van der Waals surface area contributed by atoms with Crippen molar-refractivity contribution in [3.8, 4) is 0 Å². The van der Waals surface area contributed by atoms with Crippen LogP contribution < -0.4 is 21.7 Å². The maximum Gasteiger partial charge on any atom is 0.475 e. The Hall–Kier alpha value is -3.05. The number of aromatic nitrogens is 1. The number of benzene rings is 1. The Labute approximate surface area is 200 Å². The lowest BCUT2D eigenvalue weighted by Crippen LogP contribution is -2.54. The molecule has 2 rings (SSSR count). The summed E-state index contributed by atoms with van der Waals surface area (Å²) in [6.07, 6.45) is 3.94. The van der Waals surface area contributed by atoms with Crippen molar-refractivity contribution in [2.24, 2.45) is 16.6 Å². The second-order valence-electron chi connectivity index (χ2n) is 8.82. The first-order chi connectivity index (χ1) is 16.2. The quantitative estimate of drug-likeness (QED) is 0.0968. The highest BCUT2D eigenvalue weighted by Gasteiger charge is 2.29. The number of carbonyl (C=O) groups excluding carboxylic acids is 2. The second-order valence-corrected chi connectivity index (χ2v) is 8.82. The fraction of sp³-hybridized carbons (Fsp3) is 0.522. The van der Waals surface area contributed by atoms with E-state index >= 15 is 0 Å². The number of nitrogens with two attached hydrogens (primary N) is 1. The van der Waals surface area contributed by atoms with Crippen LogP contribution in [0.15, 0.2) is 35.5 Å². The molecule has 0 radical (unpaired) electrons. The first-order valence-corrected chi connectivity index (χ1v) is 11.7. The van der Waals surface area contributed by atoms with E-state index < -0.39 is 25.0 Å². The zero-order chi connectivity index (χ0) is 25.1. The van der Waals surface area contributed by atoms with Crippen LogP contribution in [0.1, 0.15) is 45.1 Å². The molecular formula is C23H37BN6O4. The van der Waals surface area contributed by atoms with Crippen LogP contribution in [0.4, 0.5) is 0 Å². The molecule has 0 spiro atoms. The van der Waals surface area contributed by atoms with Crippen LogP contribution >= 0.6 is 0 Å². The predicted octanol–water partition coefficient (Wildman–Crippen LogP) is 0.443. The molecule has 0 aliphatic heterocycles. The van der Waals surface area contributed by atoms with Gasteiger partial charge in [-0.15, -0.1) is 0 Å². The number of nitrogens with zero attached hydrogens (tertiary/aromatic N) is 1. The molecule has 34 heavy (non-hydrogen) atoms. The number of amides is 2. The summed E-state index contributed by atoms with van der Waals surface area (Å²) in [5.41, 5.74) is 7.68. The summed E-state index contributed by atoms with van der Waals surface area (Å²) >= 11 is 0. The van der Waals surface area contributed by atoms with Gasteiger partial charge in [-0.3, -0.25) is 14.6 Å². The molecule has 11 heteroatoms. The number of para-hydroxylation sites is 1. The molecule has 2 aromatic rings. The summed E-state index contributed by atoms with van der Waals surface area (Å²) in [7, 11) is -0.117. The molecule has 1 aromatic heterocycles. The number of carbonyl (C=O) groups is 2. The van der Waals surface area contributed by atoms with Gasteiger partial charge in [0.2, 0.25) is 11.8 Å². The molecule has 2 amide bonds. The third-order valence-electron chi connectivity index (χ3n) is 5.58. The van der Waals surface area contributed by atoms with Crippen molar-refractivity contribution in [3.63, 3.8) is 0 Å². The van der Waals surface area contributed by atoms with Gasteiger partial charge in [-0.2, -0.15) is 0 Å². The van der Waals surface area contributed by atoms with Crippen molar-refractivity contribution in [1.82, 2.24) is 20.9 Å². The smallest absolute Gasteiger partial charge is 0.426 e. The van der Waals surface area contributed by atoms with Crippen molar-refractivity contribution in [1.29, 1.82) is 0 Å². The Bertz CT molecular complexity index is 962. The van der Waals surface area contributed by atoms with Crippen molar-refractivity contribution in [2.45, 2.75) is 57.9 Å². The van der Waals surface area contributed by atoms with E-state index in [0.717, 1.165) is 16.5 Å². The minimum atomic E-state index is -1.69. The summed E-state index contributed by atoms with van der Waals surface area (Å²) < 4.78 is 0. The molecule has 2 atom stereocenters. The predicted molar refractivity (Wildman–Crippen MR) is 135 cm³/mol. The number of hydrogen-bond donors (Lipinski definition) is 7. The van der Waals surface area contributed by atoms with Crippen molar-refractivity contribution in [2.75, 3.05) is 13.6 Å². The molecule has 0 fully saturated rings. The standard InChI is InChI=1S/C23H37BN6O4/c1-15(2)13-20(24(33)34)30-22(32)19(9-6-12-27-23(25)26-3)29-21(31)11-10-16-14-28-18-8-5-4-7-17(16)18/h4-5,7-8,14-15,19-20,28,33-34H,6,9-13H2,1-3H3,(H,29,31)(H,30,32)(H3,25,26,27)/t19-,20-/m0/s1. The Kier molecular flexibility index (Phi) is 10.9. The van der Waals surface area contributed by atoms with E-state index in [-0.39, 0.29) is 18.2 Å². The lowest BCUT2D eigenvalue weighted by Gasteiger charge is -2.24. The average Bonchev–Trinajstić information content (AvgIpc) is 3.21. The zero-order valence-electron chi connectivity index (χ0n) is 20.2. The number of guanidine groups is 1. The van der Waals surface area contributed by atoms with E-state index in [4.69, 9.17) is 5.73 Å². The van der Waals surface area contributed by atoms with Crippen molar-refractivity contribution < 1.29 is 19.6 Å². The average molecular weight is 472 g/mol. The van der Waals surface area contributed by atoms with Gasteiger partial charge in [-0.05, 0) is 43.2 Å². The molecule has 8 N–H and O–H groups in total. The number of H-pyrrole nitrogens is 1. The number of aryl methyl sites for hydroxylation is 1. The second kappa shape index (κ2) is 13.6. The fourth-order valence-electron chi connectivity index (χ4n) is 3.77. The molecule has 0 aliphatic carbocycles. The van der Waals surface area contributed by atoms with E-state index in [9.17, 15) is 19.6 Å². The lowest BCUT2D eigenvalue weighted by molar-refractivity contribution is -0.129. The minimum Gasteiger partial charge on any atom is -0.426 e. The molecule has 0 unspecified atom stereocenters. The highest BCUT2D eigenvalue weighted by molar-refractivity contribution is 6.43. The normalized spacial score (nSPS) is 13.5. The minimum absolute atomic E-state index is 0.150. The van der Waals surface area contributed by atoms with Crippen LogP contribution in [-0.2, 0) is 16.0 Å². The van der Waals surface area contributed by atoms with Gasteiger partial charge >= 0.3 is 7.12 Å². The Balaban J connectivity index is 2.00. The highest BCUT2D eigenvalue weighted by Crippen LogP contribution is 2.19. The molecule has 0 saturated heterocycles. The number of rotatable bonds is 13. The number of nitrogens with one attached hydrogen (secondary N) is 4. The van der Waals surface area contributed by atoms with E-state index in [2.05, 4.69) is 25.9 Å². The van der Waals surface area contributed by atoms with Gasteiger partial charge in [0.1, 0.15) is 6.04 Å². The molecule has 0 bridgehead atoms. The van der Waals surface area contributed by atoms with Gasteiger partial charge in [0.25, 0.3) is 0 Å². The number of aliphatic imine (C=N–C) groups is 1. The number of aromatic amines is 1. The monoisotopic (exact) mass is 472 g/mol. The maximum absolute atomic E-state index is 12.9. The summed E-state index contributed by atoms with van der Waals surface area (Å²) in [5, 5.41) is 28.8. The molecule has 0 saturated carbocycles.